The van der Waals surface area contributed by atoms with Gasteiger partial charge in [-0.1, -0.05) is 60.2 Å². The second-order valence-corrected chi connectivity index (χ2v) is 4.97. The monoisotopic (exact) mass is 279 g/mol. The van der Waals surface area contributed by atoms with Crippen LogP contribution >= 0.6 is 0 Å². The Balaban J connectivity index is 2.20. The lowest BCUT2D eigenvalue weighted by molar-refractivity contribution is 0.467. The summed E-state index contributed by atoms with van der Waals surface area (Å²) in [4.78, 5) is 0. The Kier molecular flexibility index (Phi) is 3.40. The van der Waals surface area contributed by atoms with Crippen LogP contribution in [0.4, 0.5) is 5.88 Å². The van der Waals surface area contributed by atoms with Crippen LogP contribution in [0.25, 0.3) is 22.5 Å². The first-order valence-electron chi connectivity index (χ1n) is 6.86. The maximum Gasteiger partial charge on any atom is 0.205 e. The summed E-state index contributed by atoms with van der Waals surface area (Å²) in [5, 5.41) is 13.6. The lowest BCUT2D eigenvalue weighted by Crippen LogP contribution is -1.88. The molecule has 3 nitrogen and oxygen atoms in total. The SMILES string of the molecule is CNc1oc(-c2ccccc2)c(O)c1-c1cccc(C)c1. The van der Waals surface area contributed by atoms with E-state index in [1.807, 2.05) is 61.5 Å². The number of nitrogens with one attached hydrogen (secondary N) is 1. The summed E-state index contributed by atoms with van der Waals surface area (Å²) in [5.41, 5.74) is 3.62. The number of hydrogen-bond donors (Lipinski definition) is 2. The fourth-order valence-electron chi connectivity index (χ4n) is 2.45. The number of rotatable bonds is 3. The van der Waals surface area contributed by atoms with E-state index in [9.17, 15) is 5.11 Å². The molecular formula is C18H17NO2. The first-order chi connectivity index (χ1) is 10.2. The first-order valence-corrected chi connectivity index (χ1v) is 6.86. The van der Waals surface area contributed by atoms with E-state index in [2.05, 4.69) is 5.32 Å². The third-order valence-corrected chi connectivity index (χ3v) is 3.45. The molecule has 0 fully saturated rings. The van der Waals surface area contributed by atoms with Crippen molar-refractivity contribution in [2.24, 2.45) is 0 Å². The smallest absolute Gasteiger partial charge is 0.205 e. The number of aromatic hydroxyl groups is 1. The van der Waals surface area contributed by atoms with Crippen LogP contribution in [-0.2, 0) is 0 Å². The molecule has 0 radical (unpaired) electrons. The van der Waals surface area contributed by atoms with Crippen LogP contribution in [-0.4, -0.2) is 12.2 Å². The van der Waals surface area contributed by atoms with E-state index in [4.69, 9.17) is 4.42 Å². The van der Waals surface area contributed by atoms with Gasteiger partial charge in [-0.3, -0.25) is 0 Å². The minimum absolute atomic E-state index is 0.163. The zero-order chi connectivity index (χ0) is 14.8. The number of aryl methyl sites for hydroxylation is 1. The van der Waals surface area contributed by atoms with E-state index >= 15 is 0 Å². The summed E-state index contributed by atoms with van der Waals surface area (Å²) in [5.74, 6) is 1.21. The predicted molar refractivity (Wildman–Crippen MR) is 85.5 cm³/mol. The van der Waals surface area contributed by atoms with Gasteiger partial charge in [0, 0.05) is 12.6 Å². The highest BCUT2D eigenvalue weighted by atomic mass is 16.4. The number of furan rings is 1. The molecule has 2 aromatic carbocycles. The molecule has 0 atom stereocenters. The number of benzene rings is 2. The maximum absolute atomic E-state index is 10.6. The maximum atomic E-state index is 10.6. The van der Waals surface area contributed by atoms with Gasteiger partial charge < -0.3 is 14.8 Å². The highest BCUT2D eigenvalue weighted by Crippen LogP contribution is 2.46. The van der Waals surface area contributed by atoms with Crippen LogP contribution in [0.5, 0.6) is 5.75 Å². The zero-order valence-corrected chi connectivity index (χ0v) is 12.1. The van der Waals surface area contributed by atoms with E-state index in [0.29, 0.717) is 17.2 Å². The van der Waals surface area contributed by atoms with Crippen molar-refractivity contribution in [2.45, 2.75) is 6.92 Å². The molecule has 3 rings (SSSR count). The lowest BCUT2D eigenvalue weighted by atomic mass is 10.0. The molecule has 0 spiro atoms. The van der Waals surface area contributed by atoms with Gasteiger partial charge in [-0.2, -0.15) is 0 Å². The third-order valence-electron chi connectivity index (χ3n) is 3.45. The van der Waals surface area contributed by atoms with Crippen LogP contribution in [0.3, 0.4) is 0 Å². The summed E-state index contributed by atoms with van der Waals surface area (Å²) >= 11 is 0. The van der Waals surface area contributed by atoms with Gasteiger partial charge in [0.2, 0.25) is 5.88 Å². The van der Waals surface area contributed by atoms with Gasteiger partial charge in [-0.25, -0.2) is 0 Å². The van der Waals surface area contributed by atoms with E-state index < -0.39 is 0 Å². The van der Waals surface area contributed by atoms with Crippen molar-refractivity contribution < 1.29 is 9.52 Å². The molecule has 0 amide bonds. The second kappa shape index (κ2) is 5.37. The minimum Gasteiger partial charge on any atom is -0.504 e. The van der Waals surface area contributed by atoms with Gasteiger partial charge in [0.25, 0.3) is 0 Å². The standard InChI is InChI=1S/C18H17NO2/c1-12-7-6-10-14(11-12)15-16(20)17(21-18(15)19-2)13-8-4-3-5-9-13/h3-11,19-20H,1-2H3. The lowest BCUT2D eigenvalue weighted by Gasteiger charge is -2.03. The molecule has 3 heteroatoms. The average molecular weight is 279 g/mol. The predicted octanol–water partition coefficient (Wildman–Crippen LogP) is 4.67. The highest BCUT2D eigenvalue weighted by Gasteiger charge is 2.21. The summed E-state index contributed by atoms with van der Waals surface area (Å²) in [7, 11) is 1.78. The molecule has 0 aliphatic rings. The molecule has 0 bridgehead atoms. The van der Waals surface area contributed by atoms with Gasteiger partial charge >= 0.3 is 0 Å². The molecule has 3 aromatic rings. The Morgan fingerprint density at radius 2 is 1.67 bits per heavy atom. The molecule has 0 unspecified atom stereocenters. The summed E-state index contributed by atoms with van der Waals surface area (Å²) in [6.45, 7) is 2.03. The van der Waals surface area contributed by atoms with Crippen molar-refractivity contribution >= 4 is 5.88 Å². The van der Waals surface area contributed by atoms with Crippen molar-refractivity contribution in [1.29, 1.82) is 0 Å². The van der Waals surface area contributed by atoms with Crippen molar-refractivity contribution in [3.63, 3.8) is 0 Å². The van der Waals surface area contributed by atoms with Crippen LogP contribution < -0.4 is 5.32 Å². The van der Waals surface area contributed by atoms with Gasteiger partial charge in [0.1, 0.15) is 0 Å². The van der Waals surface area contributed by atoms with E-state index in [-0.39, 0.29) is 5.75 Å². The second-order valence-electron chi connectivity index (χ2n) is 4.97. The molecule has 1 aromatic heterocycles. The molecule has 0 saturated heterocycles. The Morgan fingerprint density at radius 3 is 2.33 bits per heavy atom. The average Bonchev–Trinajstić information content (AvgIpc) is 2.85. The molecule has 0 saturated carbocycles. The fourth-order valence-corrected chi connectivity index (χ4v) is 2.45. The van der Waals surface area contributed by atoms with Gasteiger partial charge in [0.05, 0.1) is 5.56 Å². The summed E-state index contributed by atoms with van der Waals surface area (Å²) in [6, 6.07) is 17.6. The first kappa shape index (κ1) is 13.3. The van der Waals surface area contributed by atoms with Crippen molar-refractivity contribution in [3.05, 3.63) is 60.2 Å². The molecule has 1 heterocycles. The normalized spacial score (nSPS) is 10.6. The van der Waals surface area contributed by atoms with Crippen molar-refractivity contribution in [2.75, 3.05) is 12.4 Å². The van der Waals surface area contributed by atoms with E-state index in [1.54, 1.807) is 7.05 Å². The van der Waals surface area contributed by atoms with Gasteiger partial charge in [-0.05, 0) is 12.5 Å². The van der Waals surface area contributed by atoms with Crippen molar-refractivity contribution in [3.8, 4) is 28.2 Å². The number of anilines is 1. The Hall–Kier alpha value is -2.68. The topological polar surface area (TPSA) is 45.4 Å². The Morgan fingerprint density at radius 1 is 0.952 bits per heavy atom. The van der Waals surface area contributed by atoms with Crippen molar-refractivity contribution in [1.82, 2.24) is 0 Å². The molecular weight excluding hydrogens is 262 g/mol. The number of hydrogen-bond acceptors (Lipinski definition) is 3. The summed E-state index contributed by atoms with van der Waals surface area (Å²) < 4.78 is 5.81. The molecule has 0 aliphatic carbocycles. The van der Waals surface area contributed by atoms with Gasteiger partial charge in [0.15, 0.2) is 11.5 Å². The summed E-state index contributed by atoms with van der Waals surface area (Å²) in [6.07, 6.45) is 0. The van der Waals surface area contributed by atoms with E-state index in [1.165, 1.54) is 0 Å². The molecule has 106 valence electrons. The molecule has 0 aliphatic heterocycles. The molecule has 21 heavy (non-hydrogen) atoms. The van der Waals surface area contributed by atoms with Crippen LogP contribution in [0.1, 0.15) is 5.56 Å². The third kappa shape index (κ3) is 2.38. The van der Waals surface area contributed by atoms with Gasteiger partial charge in [-0.15, -0.1) is 0 Å². The zero-order valence-electron chi connectivity index (χ0n) is 12.1. The van der Waals surface area contributed by atoms with E-state index in [0.717, 1.165) is 16.7 Å². The highest BCUT2D eigenvalue weighted by molar-refractivity contribution is 5.87. The minimum atomic E-state index is 0.163. The van der Waals surface area contributed by atoms with Crippen LogP contribution in [0, 0.1) is 6.92 Å². The Labute approximate surface area is 123 Å². The fraction of sp³-hybridized carbons (Fsp3) is 0.111. The van der Waals surface area contributed by atoms with Crippen LogP contribution in [0.2, 0.25) is 0 Å². The van der Waals surface area contributed by atoms with Crippen LogP contribution in [0.15, 0.2) is 59.0 Å². The Bertz CT molecular complexity index is 760. The largest absolute Gasteiger partial charge is 0.504 e. The molecule has 2 N–H and O–H groups in total. The quantitative estimate of drug-likeness (QED) is 0.732.